The summed E-state index contributed by atoms with van der Waals surface area (Å²) in [4.78, 5) is 30.6. The summed E-state index contributed by atoms with van der Waals surface area (Å²) in [6, 6.07) is 3.29. The average molecular weight is 275 g/mol. The second-order valence-electron chi connectivity index (χ2n) is 5.24. The number of hydrogen-bond acceptors (Lipinski definition) is 3. The highest BCUT2D eigenvalue weighted by Gasteiger charge is 2.47. The van der Waals surface area contributed by atoms with Gasteiger partial charge in [-0.15, -0.1) is 0 Å². The molecule has 0 radical (unpaired) electrons. The Morgan fingerprint density at radius 3 is 2.40 bits per heavy atom. The molecule has 1 aliphatic rings. The van der Waals surface area contributed by atoms with Gasteiger partial charge < -0.3 is 10.2 Å². The molecule has 0 bridgehead atoms. The van der Waals surface area contributed by atoms with Crippen LogP contribution in [0.5, 0.6) is 0 Å². The third-order valence-corrected chi connectivity index (χ3v) is 4.19. The Morgan fingerprint density at radius 2 is 1.85 bits per heavy atom. The first-order valence-corrected chi connectivity index (χ1v) is 7.06. The van der Waals surface area contributed by atoms with E-state index in [1.165, 1.54) is 0 Å². The van der Waals surface area contributed by atoms with Crippen molar-refractivity contribution in [2.45, 2.75) is 51.7 Å². The van der Waals surface area contributed by atoms with Crippen LogP contribution in [0.15, 0.2) is 24.5 Å². The summed E-state index contributed by atoms with van der Waals surface area (Å²) in [5, 5.41) is 2.90. The highest BCUT2D eigenvalue weighted by Crippen LogP contribution is 2.26. The molecule has 1 unspecified atom stereocenters. The van der Waals surface area contributed by atoms with E-state index in [-0.39, 0.29) is 11.8 Å². The van der Waals surface area contributed by atoms with Gasteiger partial charge in [0.15, 0.2) is 0 Å². The highest BCUT2D eigenvalue weighted by molar-refractivity contribution is 5.99. The van der Waals surface area contributed by atoms with Gasteiger partial charge in [-0.05, 0) is 37.5 Å². The third-order valence-electron chi connectivity index (χ3n) is 4.19. The van der Waals surface area contributed by atoms with Crippen LogP contribution in [-0.4, -0.2) is 33.3 Å². The first-order valence-electron chi connectivity index (χ1n) is 7.06. The van der Waals surface area contributed by atoms with E-state index in [1.807, 2.05) is 26.0 Å². The normalized spacial score (nSPS) is 21.8. The number of carbonyl (C=O) groups excluding carboxylic acids is 2. The molecular formula is C15H21N3O2. The van der Waals surface area contributed by atoms with Gasteiger partial charge in [0.2, 0.25) is 11.8 Å². The summed E-state index contributed by atoms with van der Waals surface area (Å²) in [5.74, 6) is -0.0752. The van der Waals surface area contributed by atoms with Gasteiger partial charge in [-0.25, -0.2) is 0 Å². The summed E-state index contributed by atoms with van der Waals surface area (Å²) >= 11 is 0. The fraction of sp³-hybridized carbons (Fsp3) is 0.533. The molecule has 5 nitrogen and oxygen atoms in total. The largest absolute Gasteiger partial charge is 0.340 e. The Hall–Kier alpha value is -1.91. The van der Waals surface area contributed by atoms with E-state index in [9.17, 15) is 9.59 Å². The van der Waals surface area contributed by atoms with Crippen molar-refractivity contribution in [1.29, 1.82) is 0 Å². The molecule has 5 heteroatoms. The lowest BCUT2D eigenvalue weighted by atomic mass is 9.87. The van der Waals surface area contributed by atoms with Gasteiger partial charge in [0.1, 0.15) is 11.6 Å². The number of carbonyl (C=O) groups is 2. The summed E-state index contributed by atoms with van der Waals surface area (Å²) < 4.78 is 0. The molecule has 0 spiro atoms. The maximum Gasteiger partial charge on any atom is 0.249 e. The zero-order valence-corrected chi connectivity index (χ0v) is 12.2. The molecule has 1 N–H and O–H groups in total. The lowest BCUT2D eigenvalue weighted by Crippen LogP contribution is -2.69. The molecule has 20 heavy (non-hydrogen) atoms. The van der Waals surface area contributed by atoms with Crippen LogP contribution in [0, 0.1) is 0 Å². The van der Waals surface area contributed by atoms with Gasteiger partial charge in [0, 0.05) is 18.9 Å². The molecule has 2 heterocycles. The van der Waals surface area contributed by atoms with Crippen molar-refractivity contribution in [1.82, 2.24) is 15.2 Å². The molecule has 1 fully saturated rings. The van der Waals surface area contributed by atoms with E-state index in [1.54, 1.807) is 24.2 Å². The lowest BCUT2D eigenvalue weighted by Gasteiger charge is -2.44. The first kappa shape index (κ1) is 14.5. The molecule has 0 aromatic carbocycles. The van der Waals surface area contributed by atoms with Crippen LogP contribution in [0.4, 0.5) is 0 Å². The SMILES string of the molecule is CCC1(CC)NC(=O)C(C)N(Cc2ccncc2)C1=O. The Bertz CT molecular complexity index is 497. The second-order valence-corrected chi connectivity index (χ2v) is 5.24. The zero-order valence-electron chi connectivity index (χ0n) is 12.2. The van der Waals surface area contributed by atoms with Gasteiger partial charge in [0.05, 0.1) is 0 Å². The van der Waals surface area contributed by atoms with Crippen molar-refractivity contribution in [2.24, 2.45) is 0 Å². The molecular weight excluding hydrogens is 254 g/mol. The van der Waals surface area contributed by atoms with Crippen molar-refractivity contribution in [3.63, 3.8) is 0 Å². The lowest BCUT2D eigenvalue weighted by molar-refractivity contribution is -0.155. The highest BCUT2D eigenvalue weighted by atomic mass is 16.2. The fourth-order valence-corrected chi connectivity index (χ4v) is 2.61. The minimum Gasteiger partial charge on any atom is -0.340 e. The van der Waals surface area contributed by atoms with Gasteiger partial charge in [-0.1, -0.05) is 13.8 Å². The van der Waals surface area contributed by atoms with E-state index in [2.05, 4.69) is 10.3 Å². The maximum atomic E-state index is 12.8. The van der Waals surface area contributed by atoms with Crippen molar-refractivity contribution < 1.29 is 9.59 Å². The molecule has 1 aromatic heterocycles. The van der Waals surface area contributed by atoms with E-state index < -0.39 is 11.6 Å². The molecule has 108 valence electrons. The number of aromatic nitrogens is 1. The summed E-state index contributed by atoms with van der Waals surface area (Å²) in [5.41, 5.74) is 0.229. The maximum absolute atomic E-state index is 12.8. The minimum atomic E-state index is -0.753. The number of nitrogens with one attached hydrogen (secondary N) is 1. The molecule has 1 aromatic rings. The van der Waals surface area contributed by atoms with Crippen molar-refractivity contribution in [3.05, 3.63) is 30.1 Å². The molecule has 1 aliphatic heterocycles. The molecule has 0 aliphatic carbocycles. The minimum absolute atomic E-state index is 0.00594. The number of piperazine rings is 1. The monoisotopic (exact) mass is 275 g/mol. The number of nitrogens with zero attached hydrogens (tertiary/aromatic N) is 2. The van der Waals surface area contributed by atoms with Crippen LogP contribution in [0.3, 0.4) is 0 Å². The van der Waals surface area contributed by atoms with E-state index >= 15 is 0 Å². The smallest absolute Gasteiger partial charge is 0.249 e. The predicted octanol–water partition coefficient (Wildman–Crippen LogP) is 1.49. The molecule has 2 rings (SSSR count). The standard InChI is InChI=1S/C15H21N3O2/c1-4-15(5-2)14(20)18(11(3)13(19)17-15)10-12-6-8-16-9-7-12/h6-9,11H,4-5,10H2,1-3H3,(H,17,19). The van der Waals surface area contributed by atoms with Crippen molar-refractivity contribution in [3.8, 4) is 0 Å². The van der Waals surface area contributed by atoms with Crippen LogP contribution in [0.1, 0.15) is 39.2 Å². The topological polar surface area (TPSA) is 62.3 Å². The van der Waals surface area contributed by atoms with Gasteiger partial charge in [0.25, 0.3) is 0 Å². The second kappa shape index (κ2) is 5.61. The van der Waals surface area contributed by atoms with Crippen molar-refractivity contribution >= 4 is 11.8 Å². The Kier molecular flexibility index (Phi) is 4.06. The predicted molar refractivity (Wildman–Crippen MR) is 75.7 cm³/mol. The average Bonchev–Trinajstić information content (AvgIpc) is 2.48. The molecule has 2 amide bonds. The van der Waals surface area contributed by atoms with Crippen LogP contribution in [0.2, 0.25) is 0 Å². The third kappa shape index (κ3) is 2.40. The summed E-state index contributed by atoms with van der Waals surface area (Å²) in [7, 11) is 0. The van der Waals surface area contributed by atoms with E-state index in [0.29, 0.717) is 19.4 Å². The quantitative estimate of drug-likeness (QED) is 0.905. The Balaban J connectivity index is 2.29. The van der Waals surface area contributed by atoms with E-state index in [0.717, 1.165) is 5.56 Å². The molecule has 1 atom stereocenters. The molecule has 0 saturated carbocycles. The Labute approximate surface area is 119 Å². The number of amides is 2. The van der Waals surface area contributed by atoms with Crippen molar-refractivity contribution in [2.75, 3.05) is 0 Å². The number of rotatable bonds is 4. The van der Waals surface area contributed by atoms with Crippen LogP contribution in [-0.2, 0) is 16.1 Å². The van der Waals surface area contributed by atoms with E-state index in [4.69, 9.17) is 0 Å². The summed E-state index contributed by atoms with van der Waals surface area (Å²) in [6.45, 7) is 6.08. The van der Waals surface area contributed by atoms with Gasteiger partial charge >= 0.3 is 0 Å². The van der Waals surface area contributed by atoms with Gasteiger partial charge in [-0.2, -0.15) is 0 Å². The van der Waals surface area contributed by atoms with Crippen LogP contribution >= 0.6 is 0 Å². The fourth-order valence-electron chi connectivity index (χ4n) is 2.61. The number of pyridine rings is 1. The first-order chi connectivity index (χ1) is 9.54. The van der Waals surface area contributed by atoms with Crippen LogP contribution in [0.25, 0.3) is 0 Å². The molecule has 1 saturated heterocycles. The summed E-state index contributed by atoms with van der Waals surface area (Å²) in [6.07, 6.45) is 4.60. The Morgan fingerprint density at radius 1 is 1.25 bits per heavy atom. The zero-order chi connectivity index (χ0) is 14.8. The number of hydrogen-bond donors (Lipinski definition) is 1. The van der Waals surface area contributed by atoms with Gasteiger partial charge in [-0.3, -0.25) is 14.6 Å². The van der Waals surface area contributed by atoms with Crippen LogP contribution < -0.4 is 5.32 Å².